The molecule has 0 aromatic rings. The van der Waals surface area contributed by atoms with Gasteiger partial charge < -0.3 is 88.2 Å². The number of carboxylic acid groups (broad SMARTS) is 2. The predicted octanol–water partition coefficient (Wildman–Crippen LogP) is -13.8. The number of carbonyl (C=O) groups is 2. The van der Waals surface area contributed by atoms with Crippen LogP contribution in [0.1, 0.15) is 6.85 Å². The number of carboxylic acids is 2. The zero-order valence-electron chi connectivity index (χ0n) is 48.6. The minimum atomic E-state index is -6.64. The molecule has 19 N–H and O–H groups in total. The third-order valence-corrected chi connectivity index (χ3v) is 15.7. The van der Waals surface area contributed by atoms with Crippen molar-refractivity contribution in [2.45, 2.75) is 153 Å². The van der Waals surface area contributed by atoms with Gasteiger partial charge in [0.15, 0.2) is 49.7 Å². The Morgan fingerprint density at radius 1 is 0.418 bits per heavy atom. The molecule has 91 heavy (non-hydrogen) atoms. The molecular weight excluding hydrogens is 1450 g/mol. The van der Waals surface area contributed by atoms with Crippen LogP contribution in [-0.2, 0) is 161 Å². The predicted molar refractivity (Wildman–Crippen MR) is 262 cm³/mol. The summed E-state index contributed by atoms with van der Waals surface area (Å²) >= 11 is 0. The van der Waals surface area contributed by atoms with E-state index in [2.05, 4.69) is 25.7 Å². The molecule has 0 bridgehead atoms. The molecule has 5 aliphatic rings. The van der Waals surface area contributed by atoms with Gasteiger partial charge in [0.2, 0.25) is 0 Å². The standard InChI is InChI=1S/C31H53N3O49S8/c1-69-27-9(33-85(48,49)50)13(37)17(6(74-27)3-71-88(57,58)59)76-31-22(83-91(66,67)68)16(40)21(24(81-31)26(43)44)79-29-10(34-86(51,52)53)19(82-90(63,64)65)18(7(75-29)4-72-89(60,61)62)77-30-15(39)14(38)20(23(80-30)25(41)42)78-28-8(32-84(45,46)47)12(36)11(35)5(73-28)2-70-87(54,55)56/h5-24,27-40H,2-4H2,1H3,(H,41,42)(H,43,44)(H,45,46,47)(H,48,49,50)(H,51,52,53)(H,54,55,56)(H,57,58,59)(H,60,61,62)(H,63,64,65)(H,66,67,68)/t5-,6-,7-,8-,9-,10-,11-,12-,13-,14-,15+,16+,17-,18+,19-,20+,21+,22-,23+,24-,27+,28-,29-,30-,31-/m1/s1/i14D,15D,20D,23D,30D. The lowest BCUT2D eigenvalue weighted by atomic mass is 9.94. The molecule has 0 saturated carbocycles. The molecule has 5 aliphatic heterocycles. The highest BCUT2D eigenvalue weighted by atomic mass is 32.3. The van der Waals surface area contributed by atoms with Gasteiger partial charge in [0, 0.05) is 7.11 Å². The summed E-state index contributed by atoms with van der Waals surface area (Å²) in [4.78, 5) is 26.2. The van der Waals surface area contributed by atoms with Gasteiger partial charge in [0.05, 0.1) is 26.7 Å². The fourth-order valence-electron chi connectivity index (χ4n) is 8.40. The van der Waals surface area contributed by atoms with Gasteiger partial charge >= 0.3 is 94.8 Å². The van der Waals surface area contributed by atoms with E-state index in [-0.39, 0.29) is 0 Å². The summed E-state index contributed by atoms with van der Waals surface area (Å²) in [7, 11) is -47.3. The van der Waals surface area contributed by atoms with Gasteiger partial charge in [0.1, 0.15) is 104 Å². The highest BCUT2D eigenvalue weighted by Gasteiger charge is 2.61. The molecule has 5 saturated heterocycles. The first-order valence-electron chi connectivity index (χ1n) is 25.5. The lowest BCUT2D eigenvalue weighted by Gasteiger charge is -2.50. The van der Waals surface area contributed by atoms with E-state index in [0.717, 1.165) is 9.44 Å². The van der Waals surface area contributed by atoms with Gasteiger partial charge in [-0.05, 0) is 0 Å². The van der Waals surface area contributed by atoms with Crippen molar-refractivity contribution >= 4 is 94.8 Å². The van der Waals surface area contributed by atoms with Crippen LogP contribution in [0.5, 0.6) is 0 Å². The maximum Gasteiger partial charge on any atom is 0.397 e. The molecule has 0 aromatic carbocycles. The Labute approximate surface area is 516 Å². The zero-order valence-corrected chi connectivity index (χ0v) is 50.1. The quantitative estimate of drug-likeness (QED) is 0.0297. The van der Waals surface area contributed by atoms with Crippen LogP contribution in [0.2, 0.25) is 0 Å². The number of methoxy groups -OCH3 is 1. The number of ether oxygens (including phenoxy) is 10. The van der Waals surface area contributed by atoms with Gasteiger partial charge in [-0.1, -0.05) is 0 Å². The molecule has 0 radical (unpaired) electrons. The topological polar surface area (TPSA) is 805 Å². The van der Waals surface area contributed by atoms with Crippen molar-refractivity contribution < 1.29 is 229 Å². The van der Waals surface area contributed by atoms with Crippen LogP contribution in [-0.4, -0.2) is 337 Å². The van der Waals surface area contributed by atoms with E-state index < -0.39 is 268 Å². The van der Waals surface area contributed by atoms with Crippen molar-refractivity contribution in [2.24, 2.45) is 0 Å². The molecule has 534 valence electrons. The summed E-state index contributed by atoms with van der Waals surface area (Å²) in [6, 6.07) is -9.02. The minimum Gasteiger partial charge on any atom is -0.479 e. The average Bonchev–Trinajstić information content (AvgIpc) is 0.676. The van der Waals surface area contributed by atoms with Crippen molar-refractivity contribution in [3.05, 3.63) is 0 Å². The molecule has 0 amide bonds. The van der Waals surface area contributed by atoms with Crippen LogP contribution in [0.15, 0.2) is 0 Å². The molecule has 5 rings (SSSR count). The first-order valence-corrected chi connectivity index (χ1v) is 34.1. The van der Waals surface area contributed by atoms with E-state index in [9.17, 15) is 150 Å². The minimum absolute atomic E-state index is 0.701. The maximum atomic E-state index is 13.2. The summed E-state index contributed by atoms with van der Waals surface area (Å²) in [5.41, 5.74) is 0. The van der Waals surface area contributed by atoms with E-state index in [1.807, 2.05) is 0 Å². The van der Waals surface area contributed by atoms with Gasteiger partial charge in [-0.25, -0.2) is 30.5 Å². The SMILES string of the molecule is [2H][C@@]1(O[C@@H]2[C@H](OS(=O)(=O)O)[C@@H](NS(=O)(=O)O)[C@@H](O[C@H]3[C@H](O)[C@@H](OS(=O)(=O)O)[C@H](O[C@H]4[C@H](O)[C@@H](NS(=O)(=O)O)[C@@H](OC)O[C@@H]4COS(=O)(=O)O)O[C@H]3C(=O)O)O[C@@H]2COS(=O)(=O)O)O[C@]([2H])(C(=O)O)[C@@]([2H])(O[C@H]2O[C@H](COS(=O)(=O)O)[C@@H](O)[C@H](O)[C@H]2NS(=O)(=O)O)[C@]([2H])(O)[C@]1([2H])O. The van der Waals surface area contributed by atoms with Crippen molar-refractivity contribution in [3.8, 4) is 0 Å². The van der Waals surface area contributed by atoms with E-state index in [1.54, 1.807) is 0 Å². The Morgan fingerprint density at radius 2 is 0.835 bits per heavy atom. The Morgan fingerprint density at radius 3 is 1.29 bits per heavy atom. The van der Waals surface area contributed by atoms with Crippen LogP contribution in [0, 0.1) is 0 Å². The summed E-state index contributed by atoms with van der Waals surface area (Å²) in [5.74, 6) is -5.91. The smallest absolute Gasteiger partial charge is 0.397 e. The number of aliphatic hydroxyl groups excluding tert-OH is 4. The molecule has 5 fully saturated rings. The summed E-state index contributed by atoms with van der Waals surface area (Å²) < 4.78 is 389. The maximum absolute atomic E-state index is 13.2. The van der Waals surface area contributed by atoms with Crippen molar-refractivity contribution in [1.29, 1.82) is 0 Å². The Balaban J connectivity index is 1.70. The Bertz CT molecular complexity index is 3790. The fourth-order valence-corrected chi connectivity index (χ4v) is 12.1. The molecule has 0 aromatic heterocycles. The van der Waals surface area contributed by atoms with Crippen LogP contribution >= 0.6 is 0 Å². The zero-order chi connectivity index (χ0) is 74.1. The van der Waals surface area contributed by atoms with Gasteiger partial charge in [-0.15, -0.1) is 0 Å². The second kappa shape index (κ2) is 29.9. The van der Waals surface area contributed by atoms with Crippen LogP contribution in [0.3, 0.4) is 0 Å². The number of aliphatic carboxylic acids is 2. The number of hydrogen-bond acceptors (Lipinski definition) is 39. The van der Waals surface area contributed by atoms with Crippen LogP contribution in [0.25, 0.3) is 0 Å². The lowest BCUT2D eigenvalue weighted by Crippen LogP contribution is -2.71. The summed E-state index contributed by atoms with van der Waals surface area (Å²) in [6.45, 7) is -5.68. The highest BCUT2D eigenvalue weighted by molar-refractivity contribution is 7.84. The van der Waals surface area contributed by atoms with E-state index in [4.69, 9.17) is 54.0 Å². The van der Waals surface area contributed by atoms with Gasteiger partial charge in [-0.2, -0.15) is 81.5 Å². The van der Waals surface area contributed by atoms with Gasteiger partial charge in [0.25, 0.3) is 0 Å². The first kappa shape index (κ1) is 71.0. The highest BCUT2D eigenvalue weighted by Crippen LogP contribution is 2.39. The second-order valence-electron chi connectivity index (χ2n) is 18.0. The molecule has 5 heterocycles. The van der Waals surface area contributed by atoms with Crippen LogP contribution in [0.4, 0.5) is 0 Å². The second-order valence-corrected chi connectivity index (χ2v) is 26.9. The van der Waals surface area contributed by atoms with E-state index in [0.29, 0.717) is 7.11 Å². The number of nitrogens with one attached hydrogen (secondary N) is 3. The van der Waals surface area contributed by atoms with Crippen molar-refractivity contribution in [3.63, 3.8) is 0 Å². The third kappa shape index (κ3) is 22.9. The Hall–Kier alpha value is -2.74. The first-order chi connectivity index (χ1) is 42.9. The van der Waals surface area contributed by atoms with E-state index in [1.165, 1.54) is 4.72 Å². The van der Waals surface area contributed by atoms with Crippen molar-refractivity contribution in [1.82, 2.24) is 14.2 Å². The summed E-state index contributed by atoms with van der Waals surface area (Å²) in [5, 5.41) is 88.9. The molecule has 52 nitrogen and oxygen atoms in total. The average molecular weight is 1510 g/mol. The fraction of sp³-hybridized carbons (Fsp3) is 0.935. The third-order valence-electron chi connectivity index (χ3n) is 11.8. The monoisotopic (exact) mass is 1510 g/mol. The lowest BCUT2D eigenvalue weighted by molar-refractivity contribution is -0.373. The van der Waals surface area contributed by atoms with Gasteiger partial charge in [-0.3, -0.25) is 36.4 Å². The van der Waals surface area contributed by atoms with Crippen molar-refractivity contribution in [2.75, 3.05) is 26.9 Å². The molecule has 25 atom stereocenters. The molecule has 0 unspecified atom stereocenters. The molecule has 0 spiro atoms. The largest absolute Gasteiger partial charge is 0.479 e. The number of hydrogen-bond donors (Lipinski definition) is 19. The Kier molecular flexibility index (Phi) is 23.4. The molecule has 0 aliphatic carbocycles. The molecular formula is C31H53N3O49S8. The number of aliphatic hydroxyl groups is 6. The van der Waals surface area contributed by atoms with E-state index >= 15 is 0 Å². The summed E-state index contributed by atoms with van der Waals surface area (Å²) in [6.07, 6.45) is -79.5. The number of rotatable bonds is 30. The van der Waals surface area contributed by atoms with Crippen LogP contribution < -0.4 is 14.2 Å². The normalized spacial score (nSPS) is 43.5. The molecule has 60 heteroatoms.